The number of aliphatic hydroxyl groups is 1. The van der Waals surface area contributed by atoms with Crippen LogP contribution >= 0.6 is 43.2 Å². The average molecular weight is 413 g/mol. The van der Waals surface area contributed by atoms with E-state index < -0.39 is 18.1 Å². The summed E-state index contributed by atoms with van der Waals surface area (Å²) in [4.78, 5) is 25.9. The molecule has 0 bridgehead atoms. The normalized spacial score (nSPS) is 22.6. The Hall–Kier alpha value is -0.440. The Morgan fingerprint density at radius 1 is 1.53 bits per heavy atom. The molecular weight excluding hydrogens is 402 g/mol. The van der Waals surface area contributed by atoms with E-state index in [1.54, 1.807) is 6.07 Å². The van der Waals surface area contributed by atoms with Crippen molar-refractivity contribution < 1.29 is 19.4 Å². The van der Waals surface area contributed by atoms with Crippen LogP contribution in [0.4, 0.5) is 0 Å². The molecule has 5 nitrogen and oxygen atoms in total. The second kappa shape index (κ2) is 5.90. The molecule has 1 fully saturated rings. The van der Waals surface area contributed by atoms with Crippen molar-refractivity contribution in [2.75, 3.05) is 13.7 Å². The highest BCUT2D eigenvalue weighted by atomic mass is 79.9. The summed E-state index contributed by atoms with van der Waals surface area (Å²) in [6.07, 6.45) is -0.480. The van der Waals surface area contributed by atoms with Gasteiger partial charge in [0, 0.05) is 17.4 Å². The molecule has 1 aliphatic heterocycles. The summed E-state index contributed by atoms with van der Waals surface area (Å²) in [6, 6.07) is 0.975. The lowest BCUT2D eigenvalue weighted by atomic mass is 10.2. The van der Waals surface area contributed by atoms with Gasteiger partial charge in [0.05, 0.1) is 21.9 Å². The molecule has 0 aromatic carbocycles. The molecule has 8 heteroatoms. The van der Waals surface area contributed by atoms with Crippen LogP contribution in [0.1, 0.15) is 16.1 Å². The van der Waals surface area contributed by atoms with Crippen molar-refractivity contribution in [2.45, 2.75) is 18.6 Å². The smallest absolute Gasteiger partial charge is 0.328 e. The van der Waals surface area contributed by atoms with Crippen molar-refractivity contribution in [3.63, 3.8) is 0 Å². The third-order valence-corrected chi connectivity index (χ3v) is 6.11. The minimum Gasteiger partial charge on any atom is -0.467 e. The number of amides is 1. The molecule has 1 N–H and O–H groups in total. The molecule has 2 unspecified atom stereocenters. The van der Waals surface area contributed by atoms with Gasteiger partial charge >= 0.3 is 5.97 Å². The van der Waals surface area contributed by atoms with Gasteiger partial charge in [-0.15, -0.1) is 11.3 Å². The average Bonchev–Trinajstić information content (AvgIpc) is 2.92. The largest absolute Gasteiger partial charge is 0.467 e. The summed E-state index contributed by atoms with van der Waals surface area (Å²) in [5.41, 5.74) is 0. The van der Waals surface area contributed by atoms with E-state index in [9.17, 15) is 14.7 Å². The van der Waals surface area contributed by atoms with Crippen LogP contribution in [0.5, 0.6) is 0 Å². The lowest BCUT2D eigenvalue weighted by Crippen LogP contribution is -2.40. The third-order valence-electron chi connectivity index (χ3n) is 2.87. The number of carbonyl (C=O) groups is 2. The molecule has 2 atom stereocenters. The molecule has 0 aliphatic carbocycles. The second-order valence-corrected chi connectivity index (χ2v) is 7.34. The highest BCUT2D eigenvalue weighted by molar-refractivity contribution is 9.13. The number of ether oxygens (including phenoxy) is 1. The molecule has 0 radical (unpaired) electrons. The lowest BCUT2D eigenvalue weighted by molar-refractivity contribution is -0.145. The molecule has 2 rings (SSSR count). The number of nitrogens with zero attached hydrogens (tertiary/aromatic N) is 1. The zero-order valence-corrected chi connectivity index (χ0v) is 13.9. The molecule has 1 aromatic heterocycles. The van der Waals surface area contributed by atoms with Gasteiger partial charge in [-0.05, 0) is 37.9 Å². The highest BCUT2D eigenvalue weighted by Gasteiger charge is 2.40. The van der Waals surface area contributed by atoms with Gasteiger partial charge in [0.1, 0.15) is 6.04 Å². The van der Waals surface area contributed by atoms with Gasteiger partial charge in [0.2, 0.25) is 0 Å². The maximum atomic E-state index is 12.4. The number of halogens is 2. The Kier molecular flexibility index (Phi) is 4.65. The molecule has 1 amide bonds. The zero-order chi connectivity index (χ0) is 14.2. The van der Waals surface area contributed by atoms with E-state index in [0.29, 0.717) is 4.88 Å². The first kappa shape index (κ1) is 15.0. The summed E-state index contributed by atoms with van der Waals surface area (Å²) in [5.74, 6) is -0.775. The summed E-state index contributed by atoms with van der Waals surface area (Å²) in [7, 11) is 1.27. The number of hydrogen-bond acceptors (Lipinski definition) is 5. The van der Waals surface area contributed by atoms with Gasteiger partial charge in [-0.1, -0.05) is 0 Å². The van der Waals surface area contributed by atoms with Gasteiger partial charge in [0.25, 0.3) is 5.91 Å². The van der Waals surface area contributed by atoms with Crippen LogP contribution in [-0.4, -0.2) is 47.7 Å². The Morgan fingerprint density at radius 3 is 2.74 bits per heavy atom. The minimum atomic E-state index is -0.716. The predicted molar refractivity (Wildman–Crippen MR) is 77.2 cm³/mol. The van der Waals surface area contributed by atoms with Crippen LogP contribution < -0.4 is 0 Å². The molecular formula is C11H11Br2NO4S. The topological polar surface area (TPSA) is 66.8 Å². The third kappa shape index (κ3) is 3.01. The van der Waals surface area contributed by atoms with Gasteiger partial charge in [-0.3, -0.25) is 4.79 Å². The fourth-order valence-electron chi connectivity index (χ4n) is 1.99. The van der Waals surface area contributed by atoms with Crippen LogP contribution in [0.25, 0.3) is 0 Å². The summed E-state index contributed by atoms with van der Waals surface area (Å²) >= 11 is 7.91. The highest BCUT2D eigenvalue weighted by Crippen LogP contribution is 2.34. The Bertz CT molecular complexity index is 499. The Morgan fingerprint density at radius 2 is 2.21 bits per heavy atom. The molecule has 104 valence electrons. The standard InChI is InChI=1S/C11H11Br2NO4S/c1-18-11(17)7-2-5(15)4-14(7)10(16)8-3-6(12)9(13)19-8/h3,5,7,15H,2,4H2,1H3. The first-order valence-corrected chi connectivity index (χ1v) is 7.86. The first-order valence-electron chi connectivity index (χ1n) is 5.45. The minimum absolute atomic E-state index is 0.145. The van der Waals surface area contributed by atoms with Crippen molar-refractivity contribution in [2.24, 2.45) is 0 Å². The van der Waals surface area contributed by atoms with Crippen molar-refractivity contribution in [3.05, 3.63) is 19.2 Å². The molecule has 1 aliphatic rings. The summed E-state index contributed by atoms with van der Waals surface area (Å²) in [5, 5.41) is 9.65. The molecule has 2 heterocycles. The van der Waals surface area contributed by atoms with E-state index in [-0.39, 0.29) is 18.9 Å². The van der Waals surface area contributed by atoms with E-state index in [1.165, 1.54) is 23.3 Å². The number of β-amino-alcohol motifs (C(OH)–C–C–N with tert-alkyl or cyclic N) is 1. The maximum Gasteiger partial charge on any atom is 0.328 e. The molecule has 1 saturated heterocycles. The fourth-order valence-corrected chi connectivity index (χ4v) is 3.98. The number of hydrogen-bond donors (Lipinski definition) is 1. The Labute approximate surface area is 130 Å². The second-order valence-electron chi connectivity index (χ2n) is 4.12. The fraction of sp³-hybridized carbons (Fsp3) is 0.455. The number of esters is 1. The van der Waals surface area contributed by atoms with Crippen molar-refractivity contribution in [3.8, 4) is 0 Å². The van der Waals surface area contributed by atoms with Crippen LogP contribution in [-0.2, 0) is 9.53 Å². The van der Waals surface area contributed by atoms with Gasteiger partial charge in [-0.25, -0.2) is 4.79 Å². The lowest BCUT2D eigenvalue weighted by Gasteiger charge is -2.21. The maximum absolute atomic E-state index is 12.4. The van der Waals surface area contributed by atoms with E-state index in [0.717, 1.165) is 8.26 Å². The summed E-state index contributed by atoms with van der Waals surface area (Å²) < 4.78 is 6.27. The van der Waals surface area contributed by atoms with Gasteiger partial charge in [-0.2, -0.15) is 0 Å². The molecule has 0 saturated carbocycles. The van der Waals surface area contributed by atoms with E-state index in [2.05, 4.69) is 36.6 Å². The first-order chi connectivity index (χ1) is 8.93. The Balaban J connectivity index is 2.24. The summed E-state index contributed by atoms with van der Waals surface area (Å²) in [6.45, 7) is 0.145. The van der Waals surface area contributed by atoms with Gasteiger partial charge < -0.3 is 14.7 Å². The quantitative estimate of drug-likeness (QED) is 0.754. The van der Waals surface area contributed by atoms with Gasteiger partial charge in [0.15, 0.2) is 0 Å². The number of aliphatic hydroxyl groups excluding tert-OH is 1. The molecule has 0 spiro atoms. The van der Waals surface area contributed by atoms with Crippen LogP contribution in [0.2, 0.25) is 0 Å². The number of likely N-dealkylation sites (tertiary alicyclic amines) is 1. The number of rotatable bonds is 2. The van der Waals surface area contributed by atoms with E-state index in [4.69, 9.17) is 0 Å². The van der Waals surface area contributed by atoms with Crippen molar-refractivity contribution in [1.29, 1.82) is 0 Å². The van der Waals surface area contributed by atoms with Crippen LogP contribution in [0.3, 0.4) is 0 Å². The van der Waals surface area contributed by atoms with Crippen LogP contribution in [0, 0.1) is 0 Å². The van der Waals surface area contributed by atoms with E-state index in [1.807, 2.05) is 0 Å². The number of thiophene rings is 1. The number of methoxy groups -OCH3 is 1. The predicted octanol–water partition coefficient (Wildman–Crippen LogP) is 2.02. The molecule has 1 aromatic rings. The van der Waals surface area contributed by atoms with Crippen LogP contribution in [0.15, 0.2) is 14.3 Å². The monoisotopic (exact) mass is 411 g/mol. The van der Waals surface area contributed by atoms with Crippen molar-refractivity contribution in [1.82, 2.24) is 4.90 Å². The number of carbonyl (C=O) groups excluding carboxylic acids is 2. The molecule has 19 heavy (non-hydrogen) atoms. The zero-order valence-electron chi connectivity index (χ0n) is 9.93. The SMILES string of the molecule is COC(=O)C1CC(O)CN1C(=O)c1cc(Br)c(Br)s1. The van der Waals surface area contributed by atoms with Crippen molar-refractivity contribution >= 4 is 55.1 Å². The van der Waals surface area contributed by atoms with E-state index >= 15 is 0 Å².